The number of methoxy groups -OCH3 is 1. The summed E-state index contributed by atoms with van der Waals surface area (Å²) in [4.78, 5) is 6.30. The van der Waals surface area contributed by atoms with Gasteiger partial charge in [-0.3, -0.25) is 4.90 Å². The van der Waals surface area contributed by atoms with Crippen LogP contribution in [0, 0.1) is 5.82 Å². The lowest BCUT2D eigenvalue weighted by molar-refractivity contribution is 0.127. The molecule has 0 amide bonds. The van der Waals surface area contributed by atoms with Gasteiger partial charge in [0.05, 0.1) is 13.2 Å². The van der Waals surface area contributed by atoms with Gasteiger partial charge >= 0.3 is 0 Å². The average Bonchev–Trinajstić information content (AvgIpc) is 1.73. The summed E-state index contributed by atoms with van der Waals surface area (Å²) in [6, 6.07) is 28.1. The second-order valence-corrected chi connectivity index (χ2v) is 25.1. The maximum atomic E-state index is 14.0. The highest BCUT2D eigenvalue weighted by molar-refractivity contribution is 9.10. The third-order valence-corrected chi connectivity index (χ3v) is 18.9. The van der Waals surface area contributed by atoms with Gasteiger partial charge in [-0.2, -0.15) is 0 Å². The molecule has 3 heterocycles. The van der Waals surface area contributed by atoms with Gasteiger partial charge in [0.1, 0.15) is 12.4 Å². The number of aromatic amines is 1. The van der Waals surface area contributed by atoms with E-state index in [-0.39, 0.29) is 17.9 Å². The summed E-state index contributed by atoms with van der Waals surface area (Å²) in [5.74, 6) is 1.30. The Kier molecular flexibility index (Phi) is 30.3. The smallest absolute Gasteiger partial charge is 0.162 e. The van der Waals surface area contributed by atoms with Gasteiger partial charge in [-0.05, 0) is 83.1 Å². The number of aromatic nitrogens is 1. The van der Waals surface area contributed by atoms with Crippen molar-refractivity contribution in [3.05, 3.63) is 129 Å². The van der Waals surface area contributed by atoms with E-state index in [1.54, 1.807) is 19.2 Å². The quantitative estimate of drug-likeness (QED) is 0.0507. The summed E-state index contributed by atoms with van der Waals surface area (Å²) in [6.07, 6.45) is -29.2. The monoisotopic (exact) mass is 1130 g/mol. The van der Waals surface area contributed by atoms with Crippen LogP contribution in [0.25, 0.3) is 10.9 Å². The first-order valence-corrected chi connectivity index (χ1v) is 30.4. The van der Waals surface area contributed by atoms with Crippen LogP contribution in [0.3, 0.4) is 0 Å². The van der Waals surface area contributed by atoms with Crippen LogP contribution in [-0.2, 0) is 19.4 Å². The van der Waals surface area contributed by atoms with Crippen molar-refractivity contribution in [3.63, 3.8) is 0 Å². The minimum atomic E-state index is -1.39. The first kappa shape index (κ1) is 77.6. The van der Waals surface area contributed by atoms with Crippen molar-refractivity contribution in [1.82, 2.24) is 9.88 Å². The molecule has 89 heavy (non-hydrogen) atoms. The summed E-state index contributed by atoms with van der Waals surface area (Å²) >= 11 is 3.67. The number of hydrogen-bond donors (Lipinski definition) is 1. The van der Waals surface area contributed by atoms with Crippen LogP contribution in [0.4, 0.5) is 4.39 Å². The van der Waals surface area contributed by atoms with Gasteiger partial charge in [-0.1, -0.05) is 58.4 Å². The molecule has 346 valence electrons. The molecule has 4 nitrogen and oxygen atoms in total. The topological polar surface area (TPSA) is 37.5 Å². The second-order valence-electron chi connectivity index (χ2n) is 24.2. The number of ether oxygens (including phenoxy) is 2. The van der Waals surface area contributed by atoms with Gasteiger partial charge in [0.2, 0.25) is 0 Å². The van der Waals surface area contributed by atoms with Gasteiger partial charge in [0, 0.05) is 388 Å². The molecule has 5 aromatic rings. The minimum absolute atomic E-state index is 0.00513. The van der Waals surface area contributed by atoms with Crippen LogP contribution in [0.15, 0.2) is 89.4 Å². The van der Waals surface area contributed by atoms with E-state index in [1.807, 2.05) is 30.3 Å². The second kappa shape index (κ2) is 34.7. The van der Waals surface area contributed by atoms with Gasteiger partial charge in [0.15, 0.2) is 11.5 Å². The number of nitrogens with one attached hydrogen (secondary N) is 1. The van der Waals surface area contributed by atoms with E-state index in [2.05, 4.69) is 68.3 Å². The molecule has 0 bridgehead atoms. The van der Waals surface area contributed by atoms with E-state index in [1.165, 1.54) is 27.8 Å². The van der Waals surface area contributed by atoms with E-state index in [9.17, 15) is 4.39 Å². The van der Waals surface area contributed by atoms with Crippen LogP contribution in [0.2, 0.25) is 0 Å². The predicted molar refractivity (Wildman–Crippen MR) is 443 cm³/mol. The molecule has 0 fully saturated rings. The van der Waals surface area contributed by atoms with Crippen LogP contribution < -0.4 is 9.47 Å². The Bertz CT molecular complexity index is 2860. The Morgan fingerprint density at radius 2 is 0.888 bits per heavy atom. The van der Waals surface area contributed by atoms with Gasteiger partial charge in [-0.15, -0.1) is 0 Å². The Morgan fingerprint density at radius 1 is 0.483 bits per heavy atom. The van der Waals surface area contributed by atoms with Gasteiger partial charge in [-0.25, -0.2) is 4.39 Å². The highest BCUT2D eigenvalue weighted by Crippen LogP contribution is 2.50. The highest BCUT2D eigenvalue weighted by Gasteiger charge is 2.60. The zero-order chi connectivity index (χ0) is 66.4. The third kappa shape index (κ3) is 18.5. The molecule has 2 aliphatic heterocycles. The number of hydrogen-bond acceptors (Lipinski definition) is 3. The van der Waals surface area contributed by atoms with Crippen molar-refractivity contribution >= 4 is 381 Å². The molecule has 7 rings (SSSR count). The fourth-order valence-corrected chi connectivity index (χ4v) is 15.2. The largest absolute Gasteiger partial charge is 0.493 e. The first-order chi connectivity index (χ1) is 41.8. The normalized spacial score (nSPS) is 13.5. The van der Waals surface area contributed by atoms with Crippen LogP contribution in [-0.4, -0.2) is 378 Å². The van der Waals surface area contributed by atoms with Crippen molar-refractivity contribution in [2.24, 2.45) is 0 Å². The number of fused-ring (bicyclic) bond motifs is 6. The third-order valence-electron chi connectivity index (χ3n) is 18.4. The Hall–Kier alpha value is -0.363. The molecule has 2 unspecified atom stereocenters. The summed E-state index contributed by atoms with van der Waals surface area (Å²) in [5, 5.41) is 1.23. The summed E-state index contributed by atoms with van der Waals surface area (Å²) in [5.41, 5.74) is 8.40. The van der Waals surface area contributed by atoms with E-state index in [4.69, 9.17) is 211 Å². The maximum absolute atomic E-state index is 14.0. The highest BCUT2D eigenvalue weighted by atomic mass is 79.9. The number of benzene rings is 4. The minimum Gasteiger partial charge on any atom is -0.493 e. The average molecular weight is 1120 g/mol. The standard InChI is InChI=1S/C33H28BrFN2O2.B50/c1-38-30-15-22-13-14-37-29(25(22)18-31(30)39-19-20-5-3-2-4-6-20)17-27-26-16-23(34)9-12-28(26)36-32(27)33(37)21-7-10-24(35)11-8-21;1-27(2)40(28(3)4)46(39(25)26)49(45(37(21)22)38(23)24)50(47(41(29(5)6)30(7)8)42(31(9)10)32(11)12)48(43(33(13)14)34(15)16)44(35(17)18)36(19)20/h2-12,15-16,18,29,33,36H,13-14,17,19H2,1H3;. The molecule has 1 N–H and O–H groups in total. The van der Waals surface area contributed by atoms with Crippen molar-refractivity contribution in [2.45, 2.75) is 31.5 Å². The maximum Gasteiger partial charge on any atom is 0.162 e. The number of halogens is 2. The SMILES string of the molecule is COc1cc2c(cc1OCc1ccccc1)C1Cc3c([nH]c4ccc(Br)cc34)C(c3ccc(F)cc3)N1CC2.[B]B([B])B(B([B])[B])B(B([B])[B])B(B(B([B])[B])B([B])[B])B(B(B(B([B])[B])B([B])[B])B(B([B])[B])B([B])[B])B(B(B([B])[B])B([B])[B])B(B([B])[B])B([B])[B]. The van der Waals surface area contributed by atoms with Crippen molar-refractivity contribution in [2.75, 3.05) is 13.7 Å². The molecule has 0 aliphatic carbocycles. The summed E-state index contributed by atoms with van der Waals surface area (Å²) < 4.78 is 27.1. The summed E-state index contributed by atoms with van der Waals surface area (Å²) in [7, 11) is 169. The predicted octanol–water partition coefficient (Wildman–Crippen LogP) is -11.1. The molecule has 56 heteroatoms. The van der Waals surface area contributed by atoms with Gasteiger partial charge < -0.3 is 14.5 Å². The molecule has 2 aliphatic rings. The molecular weight excluding hydrogens is 1100 g/mol. The molecule has 2 atom stereocenters. The Morgan fingerprint density at radius 3 is 1.30 bits per heavy atom. The molecule has 0 saturated carbocycles. The zero-order valence-electron chi connectivity index (χ0n) is 50.5. The Balaban J connectivity index is 0.000000290. The van der Waals surface area contributed by atoms with Crippen molar-refractivity contribution < 1.29 is 13.9 Å². The Labute approximate surface area is 585 Å². The first-order valence-electron chi connectivity index (χ1n) is 29.6. The van der Waals surface area contributed by atoms with E-state index < -0.39 is 153 Å². The van der Waals surface area contributed by atoms with Gasteiger partial charge in [0.25, 0.3) is 0 Å². The van der Waals surface area contributed by atoms with Crippen molar-refractivity contribution in [3.8, 4) is 11.5 Å². The molecule has 0 saturated heterocycles. The zero-order valence-corrected chi connectivity index (χ0v) is 52.0. The van der Waals surface area contributed by atoms with E-state index >= 15 is 0 Å². The number of nitrogens with zero attached hydrogens (tertiary/aromatic N) is 1. The molecule has 52 radical (unpaired) electrons. The molecule has 1 aromatic heterocycles. The van der Waals surface area contributed by atoms with E-state index in [0.29, 0.717) is 6.61 Å². The number of rotatable bonds is 28. The lowest BCUT2D eigenvalue weighted by Gasteiger charge is -2.57. The van der Waals surface area contributed by atoms with Crippen LogP contribution in [0.1, 0.15) is 45.6 Å². The summed E-state index contributed by atoms with van der Waals surface area (Å²) in [6.45, 7) is 1.37. The van der Waals surface area contributed by atoms with Crippen LogP contribution in [0.5, 0.6) is 11.5 Å². The molecule has 0 spiro atoms. The number of H-pyrrole nitrogens is 1. The van der Waals surface area contributed by atoms with Crippen molar-refractivity contribution in [1.29, 1.82) is 0 Å². The molecule has 4 aromatic carbocycles. The lowest BCUT2D eigenvalue weighted by Crippen LogP contribution is -2.95. The lowest BCUT2D eigenvalue weighted by atomic mass is 8.24. The molecular formula is C33H28B50BrFN2O2. The fraction of sp³-hybridized carbons (Fsp3) is 0.212. The van der Waals surface area contributed by atoms with Crippen LogP contribution >= 0.6 is 15.9 Å². The fourth-order valence-electron chi connectivity index (χ4n) is 14.8. The van der Waals surface area contributed by atoms with E-state index in [0.717, 1.165) is 52.0 Å².